The number of hydrogen-bond acceptors (Lipinski definition) is 4. The molecule has 0 aliphatic heterocycles. The number of benzene rings is 9. The second-order valence-corrected chi connectivity index (χ2v) is 16.3. The quantitative estimate of drug-likeness (QED) is 0.163. The lowest BCUT2D eigenvalue weighted by molar-refractivity contribution is 0.668. The van der Waals surface area contributed by atoms with Gasteiger partial charge in [0.25, 0.3) is 0 Å². The highest BCUT2D eigenvalue weighted by atomic mass is 16.3. The monoisotopic (exact) mass is 792 g/mol. The summed E-state index contributed by atoms with van der Waals surface area (Å²) in [6.07, 6.45) is 6.69. The van der Waals surface area contributed by atoms with Gasteiger partial charge in [-0.05, 0) is 87.5 Å². The first-order chi connectivity index (χ1) is 30.7. The summed E-state index contributed by atoms with van der Waals surface area (Å²) in [6, 6.07) is 64.5. The van der Waals surface area contributed by atoms with Crippen molar-refractivity contribution in [2.24, 2.45) is 0 Å². The number of para-hydroxylation sites is 1. The van der Waals surface area contributed by atoms with Crippen molar-refractivity contribution >= 4 is 71.4 Å². The minimum absolute atomic E-state index is 0.589. The van der Waals surface area contributed by atoms with Crippen LogP contribution in [0.15, 0.2) is 192 Å². The molecule has 0 bridgehead atoms. The van der Waals surface area contributed by atoms with Crippen molar-refractivity contribution in [2.75, 3.05) is 0 Å². The molecule has 62 heavy (non-hydrogen) atoms. The Kier molecular flexibility index (Phi) is 7.66. The van der Waals surface area contributed by atoms with Crippen molar-refractivity contribution in [3.8, 4) is 51.0 Å². The van der Waals surface area contributed by atoms with E-state index in [4.69, 9.17) is 19.4 Å². The summed E-state index contributed by atoms with van der Waals surface area (Å²) in [6.45, 7) is 0. The number of aromatic nitrogens is 4. The normalized spacial score (nSPS) is 12.6. The molecule has 0 spiro atoms. The molecule has 12 aromatic rings. The van der Waals surface area contributed by atoms with Gasteiger partial charge in [0, 0.05) is 49.9 Å². The maximum atomic E-state index is 6.88. The topological polar surface area (TPSA) is 56.7 Å². The van der Waals surface area contributed by atoms with Gasteiger partial charge in [-0.15, -0.1) is 0 Å². The Bertz CT molecular complexity index is 3800. The first-order valence-electron chi connectivity index (χ1n) is 21.2. The number of furan rings is 1. The van der Waals surface area contributed by atoms with Crippen molar-refractivity contribution in [2.45, 2.75) is 12.8 Å². The Morgan fingerprint density at radius 2 is 1.16 bits per heavy atom. The number of allylic oxidation sites excluding steroid dienone is 1. The van der Waals surface area contributed by atoms with Crippen LogP contribution < -0.4 is 0 Å². The third kappa shape index (κ3) is 5.45. The molecule has 0 amide bonds. The van der Waals surface area contributed by atoms with Crippen LogP contribution in [0.5, 0.6) is 0 Å². The molecule has 13 rings (SSSR count). The second kappa shape index (κ2) is 13.7. The number of fused-ring (bicyclic) bond motifs is 10. The largest absolute Gasteiger partial charge is 0.456 e. The molecule has 9 aromatic carbocycles. The third-order valence-corrected chi connectivity index (χ3v) is 12.7. The van der Waals surface area contributed by atoms with Crippen LogP contribution in [0.1, 0.15) is 17.5 Å². The number of nitrogens with zero attached hydrogens (tertiary/aromatic N) is 4. The van der Waals surface area contributed by atoms with Crippen LogP contribution >= 0.6 is 0 Å². The molecule has 290 valence electrons. The average Bonchev–Trinajstić information content (AvgIpc) is 3.87. The van der Waals surface area contributed by atoms with Gasteiger partial charge in [-0.2, -0.15) is 0 Å². The zero-order chi connectivity index (χ0) is 40.7. The maximum Gasteiger partial charge on any atom is 0.164 e. The molecular formula is C57H36N4O. The molecule has 0 N–H and O–H groups in total. The van der Waals surface area contributed by atoms with Crippen molar-refractivity contribution in [1.82, 2.24) is 19.5 Å². The molecule has 5 heteroatoms. The van der Waals surface area contributed by atoms with Crippen LogP contribution in [0.2, 0.25) is 0 Å². The van der Waals surface area contributed by atoms with E-state index in [9.17, 15) is 0 Å². The van der Waals surface area contributed by atoms with Crippen molar-refractivity contribution in [3.05, 3.63) is 199 Å². The predicted octanol–water partition coefficient (Wildman–Crippen LogP) is 14.8. The molecule has 0 saturated heterocycles. The van der Waals surface area contributed by atoms with E-state index >= 15 is 0 Å². The van der Waals surface area contributed by atoms with Crippen LogP contribution in [0.4, 0.5) is 0 Å². The highest BCUT2D eigenvalue weighted by Crippen LogP contribution is 2.44. The van der Waals surface area contributed by atoms with E-state index in [0.29, 0.717) is 17.5 Å². The summed E-state index contributed by atoms with van der Waals surface area (Å²) in [5.41, 5.74) is 12.6. The van der Waals surface area contributed by atoms with Crippen LogP contribution in [0.3, 0.4) is 0 Å². The van der Waals surface area contributed by atoms with E-state index in [1.807, 2.05) is 30.3 Å². The van der Waals surface area contributed by atoms with Gasteiger partial charge in [0.15, 0.2) is 17.5 Å². The fourth-order valence-corrected chi connectivity index (χ4v) is 9.73. The summed E-state index contributed by atoms with van der Waals surface area (Å²) in [5, 5.41) is 9.25. The van der Waals surface area contributed by atoms with Crippen molar-refractivity contribution in [3.63, 3.8) is 0 Å². The highest BCUT2D eigenvalue weighted by molar-refractivity contribution is 6.15. The molecule has 3 aromatic heterocycles. The molecular weight excluding hydrogens is 757 g/mol. The number of hydrogen-bond donors (Lipinski definition) is 0. The zero-order valence-electron chi connectivity index (χ0n) is 33.6. The zero-order valence-corrected chi connectivity index (χ0v) is 33.6. The van der Waals surface area contributed by atoms with E-state index in [0.717, 1.165) is 79.2 Å². The lowest BCUT2D eigenvalue weighted by Gasteiger charge is -2.16. The van der Waals surface area contributed by atoms with Gasteiger partial charge in [-0.3, -0.25) is 0 Å². The molecule has 0 saturated carbocycles. The molecule has 5 nitrogen and oxygen atoms in total. The first-order valence-corrected chi connectivity index (χ1v) is 21.2. The molecule has 0 atom stereocenters. The molecule has 1 aliphatic carbocycles. The van der Waals surface area contributed by atoms with Crippen LogP contribution in [0, 0.1) is 0 Å². The Balaban J connectivity index is 1.06. The van der Waals surface area contributed by atoms with Gasteiger partial charge in [-0.25, -0.2) is 15.0 Å². The molecule has 0 unspecified atom stereocenters. The SMILES string of the molecule is C1=Cc2cc3c(cc2CC1)c1ccccc1n3-c1cc2oc3cccc(-c4nc(-c5ccccc5)nc(-c5ccc6c(ccc7ccccc76)c5)n4)c3c2cc1-c1ccccc1. The predicted molar refractivity (Wildman–Crippen MR) is 256 cm³/mol. The van der Waals surface area contributed by atoms with E-state index in [-0.39, 0.29) is 0 Å². The Labute approximate surface area is 356 Å². The summed E-state index contributed by atoms with van der Waals surface area (Å²) in [4.78, 5) is 15.6. The second-order valence-electron chi connectivity index (χ2n) is 16.3. The van der Waals surface area contributed by atoms with Crippen LogP contribution in [-0.4, -0.2) is 19.5 Å². The summed E-state index contributed by atoms with van der Waals surface area (Å²) in [7, 11) is 0. The van der Waals surface area contributed by atoms with Gasteiger partial charge in [0.05, 0.1) is 16.7 Å². The lowest BCUT2D eigenvalue weighted by atomic mass is 9.95. The minimum atomic E-state index is 0.589. The molecule has 3 heterocycles. The van der Waals surface area contributed by atoms with Crippen LogP contribution in [-0.2, 0) is 6.42 Å². The third-order valence-electron chi connectivity index (χ3n) is 12.7. The first kappa shape index (κ1) is 34.7. The van der Waals surface area contributed by atoms with Crippen molar-refractivity contribution < 1.29 is 4.42 Å². The van der Waals surface area contributed by atoms with Gasteiger partial charge in [0.2, 0.25) is 0 Å². The summed E-state index contributed by atoms with van der Waals surface area (Å²) < 4.78 is 9.31. The van der Waals surface area contributed by atoms with Crippen LogP contribution in [0.25, 0.3) is 122 Å². The molecule has 1 aliphatic rings. The fourth-order valence-electron chi connectivity index (χ4n) is 9.73. The van der Waals surface area contributed by atoms with E-state index in [1.165, 1.54) is 43.6 Å². The minimum Gasteiger partial charge on any atom is -0.456 e. The number of rotatable bonds is 5. The van der Waals surface area contributed by atoms with Gasteiger partial charge < -0.3 is 8.98 Å². The smallest absolute Gasteiger partial charge is 0.164 e. The van der Waals surface area contributed by atoms with E-state index < -0.39 is 0 Å². The lowest BCUT2D eigenvalue weighted by Crippen LogP contribution is -2.00. The number of aryl methyl sites for hydroxylation is 1. The van der Waals surface area contributed by atoms with E-state index in [1.54, 1.807) is 0 Å². The molecule has 0 fully saturated rings. The standard InChI is InChI=1S/C57H36N4O/c1-3-14-35(15-4-1)46-33-48-53(34-51(46)61-49-24-12-11-22-44(49)47-31-38-19-7-8-20-39(38)32-50(47)61)62-52-25-13-23-45(54(48)52)57-59-55(37-17-5-2-6-18-37)58-56(60-57)41-28-29-43-40(30-41)27-26-36-16-9-10-21-42(36)43/h1-6,8-18,20-34H,7,19H2. The highest BCUT2D eigenvalue weighted by Gasteiger charge is 2.23. The van der Waals surface area contributed by atoms with Crippen molar-refractivity contribution in [1.29, 1.82) is 0 Å². The Hall–Kier alpha value is -8.15. The summed E-state index contributed by atoms with van der Waals surface area (Å²) in [5.74, 6) is 1.82. The fraction of sp³-hybridized carbons (Fsp3) is 0.0351. The Morgan fingerprint density at radius 3 is 2.03 bits per heavy atom. The average molecular weight is 793 g/mol. The van der Waals surface area contributed by atoms with Gasteiger partial charge >= 0.3 is 0 Å². The van der Waals surface area contributed by atoms with Gasteiger partial charge in [0.1, 0.15) is 11.2 Å². The summed E-state index contributed by atoms with van der Waals surface area (Å²) >= 11 is 0. The van der Waals surface area contributed by atoms with E-state index in [2.05, 4.69) is 168 Å². The molecule has 0 radical (unpaired) electrons. The van der Waals surface area contributed by atoms with Gasteiger partial charge in [-0.1, -0.05) is 152 Å². The maximum absolute atomic E-state index is 6.88. The Morgan fingerprint density at radius 1 is 0.435 bits per heavy atom.